The minimum absolute atomic E-state index is 0.358. The van der Waals surface area contributed by atoms with Gasteiger partial charge in [-0.05, 0) is 5.56 Å². The van der Waals surface area contributed by atoms with E-state index < -0.39 is 21.1 Å². The summed E-state index contributed by atoms with van der Waals surface area (Å²) in [4.78, 5) is 11.0. The monoisotopic (exact) mass is 266 g/mol. The van der Waals surface area contributed by atoms with E-state index >= 15 is 0 Å². The predicted octanol–water partition coefficient (Wildman–Crippen LogP) is 1.75. The molecule has 18 heavy (non-hydrogen) atoms. The zero-order chi connectivity index (χ0) is 13.6. The molecule has 1 unspecified atom stereocenters. The molecule has 0 saturated heterocycles. The summed E-state index contributed by atoms with van der Waals surface area (Å²) in [7, 11) is -3.75. The van der Waals surface area contributed by atoms with Crippen molar-refractivity contribution < 1.29 is 18.3 Å². The molecule has 4 nitrogen and oxygen atoms in total. The molecule has 1 N–H and O–H groups in total. The molecule has 0 spiro atoms. The molecule has 0 amide bonds. The van der Waals surface area contributed by atoms with E-state index in [1.807, 2.05) is 6.07 Å². The maximum atomic E-state index is 11.7. The highest BCUT2D eigenvalue weighted by atomic mass is 32.2. The first-order valence-electron chi connectivity index (χ1n) is 5.26. The Hall–Kier alpha value is -1.88. The van der Waals surface area contributed by atoms with Crippen LogP contribution in [0, 0.1) is 0 Å². The molecule has 1 atom stereocenters. The summed E-state index contributed by atoms with van der Waals surface area (Å²) < 4.78 is 23.4. The van der Waals surface area contributed by atoms with Crippen molar-refractivity contribution in [2.24, 2.45) is 0 Å². The van der Waals surface area contributed by atoms with Crippen LogP contribution in [0.1, 0.15) is 5.56 Å². The molecule has 1 rings (SSSR count). The fraction of sp³-hybridized carbons (Fsp3) is 0.154. The molecule has 5 heteroatoms. The van der Waals surface area contributed by atoms with Crippen molar-refractivity contribution in [3.63, 3.8) is 0 Å². The van der Waals surface area contributed by atoms with Crippen LogP contribution in [0.4, 0.5) is 0 Å². The molecular formula is C13H14O4S. The molecule has 0 radical (unpaired) electrons. The Morgan fingerprint density at radius 1 is 1.33 bits per heavy atom. The fourth-order valence-electron chi connectivity index (χ4n) is 1.39. The molecule has 0 aliphatic heterocycles. The second-order valence-electron chi connectivity index (χ2n) is 3.65. The Balaban J connectivity index is 2.99. The molecule has 1 aromatic rings. The van der Waals surface area contributed by atoms with Crippen molar-refractivity contribution in [3.05, 3.63) is 54.6 Å². The molecule has 0 saturated carbocycles. The van der Waals surface area contributed by atoms with Crippen LogP contribution in [0.2, 0.25) is 0 Å². The summed E-state index contributed by atoms with van der Waals surface area (Å²) in [6.07, 6.45) is 3.84. The minimum atomic E-state index is -3.75. The highest BCUT2D eigenvalue weighted by molar-refractivity contribution is 7.93. The average Bonchev–Trinajstić information content (AvgIpc) is 2.29. The number of carboxylic acid groups (broad SMARTS) is 1. The van der Waals surface area contributed by atoms with E-state index in [0.29, 0.717) is 0 Å². The van der Waals surface area contributed by atoms with E-state index in [2.05, 4.69) is 6.58 Å². The lowest BCUT2D eigenvalue weighted by Crippen LogP contribution is -2.29. The lowest BCUT2D eigenvalue weighted by atomic mass is 10.2. The van der Waals surface area contributed by atoms with E-state index in [0.717, 1.165) is 5.56 Å². The molecule has 0 aromatic heterocycles. The van der Waals surface area contributed by atoms with Gasteiger partial charge in [-0.25, -0.2) is 8.42 Å². The SMILES string of the molecule is C=CCS(=O)(=O)C(C=Cc1ccccc1)C(=O)O. The molecular weight excluding hydrogens is 252 g/mol. The van der Waals surface area contributed by atoms with E-state index in [-0.39, 0.29) is 5.75 Å². The highest BCUT2D eigenvalue weighted by Gasteiger charge is 2.28. The van der Waals surface area contributed by atoms with Gasteiger partial charge in [0.15, 0.2) is 15.1 Å². The van der Waals surface area contributed by atoms with Gasteiger partial charge < -0.3 is 5.11 Å². The number of carbonyl (C=O) groups is 1. The van der Waals surface area contributed by atoms with E-state index in [9.17, 15) is 13.2 Å². The third-order valence-electron chi connectivity index (χ3n) is 2.24. The van der Waals surface area contributed by atoms with Crippen molar-refractivity contribution in [2.75, 3.05) is 5.75 Å². The second-order valence-corrected chi connectivity index (χ2v) is 5.81. The summed E-state index contributed by atoms with van der Waals surface area (Å²) in [5, 5.41) is 7.40. The number of aliphatic carboxylic acids is 1. The quantitative estimate of drug-likeness (QED) is 0.796. The number of sulfone groups is 1. The third kappa shape index (κ3) is 3.85. The predicted molar refractivity (Wildman–Crippen MR) is 70.9 cm³/mol. The number of hydrogen-bond acceptors (Lipinski definition) is 3. The average molecular weight is 266 g/mol. The molecule has 0 aliphatic rings. The third-order valence-corrected chi connectivity index (χ3v) is 4.08. The van der Waals surface area contributed by atoms with E-state index in [4.69, 9.17) is 5.11 Å². The Morgan fingerprint density at radius 3 is 2.44 bits per heavy atom. The van der Waals surface area contributed by atoms with Gasteiger partial charge in [-0.1, -0.05) is 48.6 Å². The molecule has 96 valence electrons. The first-order valence-corrected chi connectivity index (χ1v) is 6.97. The Morgan fingerprint density at radius 2 is 1.94 bits per heavy atom. The number of hydrogen-bond donors (Lipinski definition) is 1. The summed E-state index contributed by atoms with van der Waals surface area (Å²) in [5.74, 6) is -1.74. The maximum absolute atomic E-state index is 11.7. The van der Waals surface area contributed by atoms with Gasteiger partial charge in [0.1, 0.15) is 0 Å². The zero-order valence-electron chi connectivity index (χ0n) is 9.69. The number of carboxylic acids is 1. The molecule has 0 aliphatic carbocycles. The van der Waals surface area contributed by atoms with Crippen LogP contribution in [-0.4, -0.2) is 30.5 Å². The standard InChI is InChI=1S/C13H14O4S/c1-2-10-18(16,17)12(13(14)15)9-8-11-6-4-3-5-7-11/h2-9,12H,1,10H2,(H,14,15). The summed E-state index contributed by atoms with van der Waals surface area (Å²) >= 11 is 0. The van der Waals surface area contributed by atoms with Gasteiger partial charge in [-0.3, -0.25) is 4.79 Å². The normalized spacial score (nSPS) is 13.3. The van der Waals surface area contributed by atoms with Gasteiger partial charge in [-0.2, -0.15) is 0 Å². The van der Waals surface area contributed by atoms with Gasteiger partial charge in [0.2, 0.25) is 0 Å². The minimum Gasteiger partial charge on any atom is -0.480 e. The highest BCUT2D eigenvalue weighted by Crippen LogP contribution is 2.09. The largest absolute Gasteiger partial charge is 0.480 e. The van der Waals surface area contributed by atoms with Crippen molar-refractivity contribution in [1.29, 1.82) is 0 Å². The molecule has 1 aromatic carbocycles. The van der Waals surface area contributed by atoms with Crippen LogP contribution in [0.3, 0.4) is 0 Å². The van der Waals surface area contributed by atoms with E-state index in [1.54, 1.807) is 24.3 Å². The van der Waals surface area contributed by atoms with Gasteiger partial charge in [0.25, 0.3) is 0 Å². The van der Waals surface area contributed by atoms with Crippen LogP contribution < -0.4 is 0 Å². The van der Waals surface area contributed by atoms with Crippen LogP contribution in [0.5, 0.6) is 0 Å². The van der Waals surface area contributed by atoms with Gasteiger partial charge in [0.05, 0.1) is 5.75 Å². The smallest absolute Gasteiger partial charge is 0.325 e. The zero-order valence-corrected chi connectivity index (χ0v) is 10.5. The van der Waals surface area contributed by atoms with Crippen molar-refractivity contribution in [2.45, 2.75) is 5.25 Å². The molecule has 0 fully saturated rings. The van der Waals surface area contributed by atoms with Crippen LogP contribution in [-0.2, 0) is 14.6 Å². The number of benzene rings is 1. The van der Waals surface area contributed by atoms with Crippen molar-refractivity contribution in [1.82, 2.24) is 0 Å². The lowest BCUT2D eigenvalue weighted by Gasteiger charge is -2.07. The summed E-state index contributed by atoms with van der Waals surface area (Å²) in [5.41, 5.74) is 0.748. The second kappa shape index (κ2) is 6.16. The fourth-order valence-corrected chi connectivity index (χ4v) is 2.55. The number of rotatable bonds is 6. The topological polar surface area (TPSA) is 71.4 Å². The summed E-state index contributed by atoms with van der Waals surface area (Å²) in [6.45, 7) is 3.31. The van der Waals surface area contributed by atoms with Crippen LogP contribution in [0.25, 0.3) is 6.08 Å². The lowest BCUT2D eigenvalue weighted by molar-refractivity contribution is -0.135. The van der Waals surface area contributed by atoms with Crippen molar-refractivity contribution >= 4 is 21.9 Å². The van der Waals surface area contributed by atoms with Crippen molar-refractivity contribution in [3.8, 4) is 0 Å². The Labute approximate surface area is 106 Å². The first kappa shape index (κ1) is 14.2. The van der Waals surface area contributed by atoms with Crippen LogP contribution >= 0.6 is 0 Å². The Bertz CT molecular complexity index is 544. The van der Waals surface area contributed by atoms with E-state index in [1.165, 1.54) is 18.2 Å². The molecule has 0 heterocycles. The van der Waals surface area contributed by atoms with Gasteiger partial charge in [0, 0.05) is 0 Å². The molecule has 0 bridgehead atoms. The van der Waals surface area contributed by atoms with Gasteiger partial charge in [-0.15, -0.1) is 6.58 Å². The van der Waals surface area contributed by atoms with Crippen LogP contribution in [0.15, 0.2) is 49.1 Å². The summed E-state index contributed by atoms with van der Waals surface area (Å²) in [6, 6.07) is 8.91. The van der Waals surface area contributed by atoms with Gasteiger partial charge >= 0.3 is 5.97 Å². The first-order chi connectivity index (χ1) is 8.47. The Kier molecular flexibility index (Phi) is 4.85. The maximum Gasteiger partial charge on any atom is 0.325 e.